The van der Waals surface area contributed by atoms with Gasteiger partial charge in [0, 0.05) is 18.5 Å². The maximum atomic E-state index is 12.8. The van der Waals surface area contributed by atoms with Crippen molar-refractivity contribution in [3.8, 4) is 11.5 Å². The molecular formula is C20H19N5O2. The Hall–Kier alpha value is -3.61. The van der Waals surface area contributed by atoms with Crippen molar-refractivity contribution in [1.29, 1.82) is 0 Å². The van der Waals surface area contributed by atoms with Crippen molar-refractivity contribution in [2.45, 2.75) is 19.5 Å². The van der Waals surface area contributed by atoms with Crippen molar-refractivity contribution in [1.82, 2.24) is 25.3 Å². The molecular weight excluding hydrogens is 342 g/mol. The molecule has 4 rings (SSSR count). The van der Waals surface area contributed by atoms with E-state index in [1.54, 1.807) is 16.9 Å². The lowest BCUT2D eigenvalue weighted by Gasteiger charge is -2.18. The third-order valence-electron chi connectivity index (χ3n) is 4.25. The summed E-state index contributed by atoms with van der Waals surface area (Å²) < 4.78 is 7.36. The molecule has 0 radical (unpaired) electrons. The molecule has 0 saturated carbocycles. The van der Waals surface area contributed by atoms with Gasteiger partial charge in [0.25, 0.3) is 5.91 Å². The minimum Gasteiger partial charge on any atom is -0.460 e. The minimum absolute atomic E-state index is 0.232. The summed E-state index contributed by atoms with van der Waals surface area (Å²) in [5.41, 5.74) is 1.97. The average Bonchev–Trinajstić information content (AvgIpc) is 3.43. The molecule has 7 nitrogen and oxygen atoms in total. The lowest BCUT2D eigenvalue weighted by Crippen LogP contribution is -2.31. The molecule has 2 N–H and O–H groups in total. The Kier molecular flexibility index (Phi) is 4.57. The number of rotatable bonds is 6. The zero-order valence-corrected chi connectivity index (χ0v) is 14.8. The monoisotopic (exact) mass is 361 g/mol. The van der Waals surface area contributed by atoms with Crippen LogP contribution in [-0.4, -0.2) is 25.9 Å². The number of hydrogen-bond donors (Lipinski definition) is 2. The maximum absolute atomic E-state index is 12.8. The van der Waals surface area contributed by atoms with Crippen LogP contribution in [-0.2, 0) is 6.54 Å². The Morgan fingerprint density at radius 1 is 1.22 bits per heavy atom. The molecule has 3 heterocycles. The number of H-pyrrole nitrogens is 1. The van der Waals surface area contributed by atoms with Crippen molar-refractivity contribution < 1.29 is 9.21 Å². The van der Waals surface area contributed by atoms with E-state index < -0.39 is 0 Å². The van der Waals surface area contributed by atoms with E-state index in [2.05, 4.69) is 20.6 Å². The molecule has 1 amide bonds. The van der Waals surface area contributed by atoms with Gasteiger partial charge in [-0.2, -0.15) is 10.2 Å². The second kappa shape index (κ2) is 7.33. The second-order valence-corrected chi connectivity index (χ2v) is 6.24. The fourth-order valence-electron chi connectivity index (χ4n) is 2.89. The van der Waals surface area contributed by atoms with Crippen LogP contribution in [0, 0.1) is 6.92 Å². The van der Waals surface area contributed by atoms with Crippen molar-refractivity contribution in [3.63, 3.8) is 0 Å². The van der Waals surface area contributed by atoms with Crippen LogP contribution in [0.3, 0.4) is 0 Å². The van der Waals surface area contributed by atoms with Crippen molar-refractivity contribution in [3.05, 3.63) is 84.0 Å². The summed E-state index contributed by atoms with van der Waals surface area (Å²) in [5.74, 6) is 1.19. The molecule has 136 valence electrons. The zero-order valence-electron chi connectivity index (χ0n) is 14.8. The van der Waals surface area contributed by atoms with Crippen LogP contribution in [0.25, 0.3) is 11.5 Å². The van der Waals surface area contributed by atoms with E-state index in [4.69, 9.17) is 4.42 Å². The summed E-state index contributed by atoms with van der Waals surface area (Å²) in [7, 11) is 0. The van der Waals surface area contributed by atoms with Gasteiger partial charge in [-0.05, 0) is 30.7 Å². The van der Waals surface area contributed by atoms with Crippen LogP contribution < -0.4 is 5.32 Å². The third-order valence-corrected chi connectivity index (χ3v) is 4.25. The number of furan rings is 1. The molecule has 0 saturated heterocycles. The van der Waals surface area contributed by atoms with Crippen LogP contribution in [0.4, 0.5) is 0 Å². The number of hydrogen-bond acceptors (Lipinski definition) is 4. The van der Waals surface area contributed by atoms with E-state index in [0.29, 0.717) is 23.7 Å². The van der Waals surface area contributed by atoms with Crippen LogP contribution in [0.5, 0.6) is 0 Å². The van der Waals surface area contributed by atoms with Gasteiger partial charge in [-0.3, -0.25) is 14.6 Å². The van der Waals surface area contributed by atoms with Gasteiger partial charge in [0.2, 0.25) is 0 Å². The minimum atomic E-state index is -0.262. The van der Waals surface area contributed by atoms with Gasteiger partial charge in [0.15, 0.2) is 11.5 Å². The molecule has 4 aromatic rings. The van der Waals surface area contributed by atoms with E-state index in [0.717, 1.165) is 11.3 Å². The summed E-state index contributed by atoms with van der Waals surface area (Å²) in [6.45, 7) is 2.39. The van der Waals surface area contributed by atoms with E-state index in [1.807, 2.05) is 61.7 Å². The van der Waals surface area contributed by atoms with Crippen molar-refractivity contribution in [2.24, 2.45) is 0 Å². The topological polar surface area (TPSA) is 88.7 Å². The highest BCUT2D eigenvalue weighted by atomic mass is 16.3. The number of benzene rings is 1. The summed E-state index contributed by atoms with van der Waals surface area (Å²) in [6.07, 6.45) is 3.59. The van der Waals surface area contributed by atoms with E-state index in [1.165, 1.54) is 0 Å². The lowest BCUT2D eigenvalue weighted by molar-refractivity contribution is 0.0926. The molecule has 0 aliphatic rings. The highest BCUT2D eigenvalue weighted by Crippen LogP contribution is 2.21. The lowest BCUT2D eigenvalue weighted by atomic mass is 10.1. The van der Waals surface area contributed by atoms with Crippen LogP contribution in [0.15, 0.2) is 71.4 Å². The largest absolute Gasteiger partial charge is 0.460 e. The highest BCUT2D eigenvalue weighted by Gasteiger charge is 2.19. The predicted molar refractivity (Wildman–Crippen MR) is 99.9 cm³/mol. The Labute approximate surface area is 156 Å². The molecule has 0 spiro atoms. The predicted octanol–water partition coefficient (Wildman–Crippen LogP) is 3.35. The number of carbonyl (C=O) groups excluding carboxylic acids is 1. The van der Waals surface area contributed by atoms with Crippen molar-refractivity contribution >= 4 is 5.91 Å². The van der Waals surface area contributed by atoms with E-state index in [-0.39, 0.29) is 11.9 Å². The number of nitrogens with one attached hydrogen (secondary N) is 2. The summed E-state index contributed by atoms with van der Waals surface area (Å²) in [6, 6.07) is 16.8. The Bertz CT molecular complexity index is 1020. The number of amides is 1. The average molecular weight is 361 g/mol. The normalized spacial score (nSPS) is 12.0. The molecule has 1 aromatic carbocycles. The fourth-order valence-corrected chi connectivity index (χ4v) is 2.89. The molecule has 0 aliphatic carbocycles. The number of aromatic nitrogens is 4. The Morgan fingerprint density at radius 3 is 2.78 bits per heavy atom. The highest BCUT2D eigenvalue weighted by molar-refractivity contribution is 5.93. The van der Waals surface area contributed by atoms with Crippen LogP contribution in [0.2, 0.25) is 0 Å². The summed E-state index contributed by atoms with van der Waals surface area (Å²) in [5, 5.41) is 14.3. The van der Waals surface area contributed by atoms with Gasteiger partial charge in [-0.25, -0.2) is 0 Å². The molecule has 0 bridgehead atoms. The smallest absolute Gasteiger partial charge is 0.272 e. The Balaban J connectivity index is 1.54. The SMILES string of the molecule is Cc1ccc(-c2cc(C(=O)NC(Cn3cccn3)c3ccccc3)n[nH]2)o1. The molecule has 0 aliphatic heterocycles. The fraction of sp³-hybridized carbons (Fsp3) is 0.150. The molecule has 0 fully saturated rings. The van der Waals surface area contributed by atoms with Gasteiger partial charge in [0.1, 0.15) is 11.5 Å². The molecule has 1 atom stereocenters. The summed E-state index contributed by atoms with van der Waals surface area (Å²) in [4.78, 5) is 12.8. The molecule has 1 unspecified atom stereocenters. The van der Waals surface area contributed by atoms with E-state index >= 15 is 0 Å². The van der Waals surface area contributed by atoms with Crippen LogP contribution in [0.1, 0.15) is 27.9 Å². The first-order valence-corrected chi connectivity index (χ1v) is 8.64. The molecule has 7 heteroatoms. The summed E-state index contributed by atoms with van der Waals surface area (Å²) >= 11 is 0. The van der Waals surface area contributed by atoms with Gasteiger partial charge in [0.05, 0.1) is 12.6 Å². The Morgan fingerprint density at radius 2 is 2.07 bits per heavy atom. The number of carbonyl (C=O) groups is 1. The third kappa shape index (κ3) is 3.82. The molecule has 3 aromatic heterocycles. The maximum Gasteiger partial charge on any atom is 0.272 e. The quantitative estimate of drug-likeness (QED) is 0.551. The first-order valence-electron chi connectivity index (χ1n) is 8.64. The van der Waals surface area contributed by atoms with Gasteiger partial charge < -0.3 is 9.73 Å². The van der Waals surface area contributed by atoms with Gasteiger partial charge in [-0.15, -0.1) is 0 Å². The second-order valence-electron chi connectivity index (χ2n) is 6.24. The van der Waals surface area contributed by atoms with E-state index in [9.17, 15) is 4.79 Å². The number of nitrogens with zero attached hydrogens (tertiary/aromatic N) is 3. The first-order chi connectivity index (χ1) is 13.2. The van der Waals surface area contributed by atoms with Crippen LogP contribution >= 0.6 is 0 Å². The standard InChI is InChI=1S/C20H19N5O2/c1-14-8-9-19(27-14)16-12-17(24-23-16)20(26)22-18(13-25-11-5-10-21-25)15-6-3-2-4-7-15/h2-12,18H,13H2,1H3,(H,22,26)(H,23,24). The number of aromatic amines is 1. The first kappa shape index (κ1) is 16.8. The van der Waals surface area contributed by atoms with Crippen molar-refractivity contribution in [2.75, 3.05) is 0 Å². The zero-order chi connectivity index (χ0) is 18.6. The molecule has 27 heavy (non-hydrogen) atoms. The number of aryl methyl sites for hydroxylation is 1. The van der Waals surface area contributed by atoms with Gasteiger partial charge >= 0.3 is 0 Å². The van der Waals surface area contributed by atoms with Gasteiger partial charge in [-0.1, -0.05) is 30.3 Å².